The number of aliphatic hydroxyl groups excluding tert-OH is 1. The number of amides is 2. The predicted octanol–water partition coefficient (Wildman–Crippen LogP) is 1.17. The van der Waals surface area contributed by atoms with Crippen molar-refractivity contribution in [2.75, 3.05) is 13.1 Å². The summed E-state index contributed by atoms with van der Waals surface area (Å²) in [6.45, 7) is 2.31. The molecule has 0 spiro atoms. The first-order valence-corrected chi connectivity index (χ1v) is 13.8. The summed E-state index contributed by atoms with van der Waals surface area (Å²) in [5.41, 5.74) is 2.24. The zero-order chi connectivity index (χ0) is 25.7. The third kappa shape index (κ3) is 4.40. The van der Waals surface area contributed by atoms with Gasteiger partial charge < -0.3 is 15.3 Å². The second-order valence-corrected chi connectivity index (χ2v) is 12.7. The number of nitrogens with zero attached hydrogens (tertiary/aromatic N) is 4. The van der Waals surface area contributed by atoms with Gasteiger partial charge >= 0.3 is 0 Å². The molecule has 2 heterocycles. The van der Waals surface area contributed by atoms with Gasteiger partial charge in [-0.1, -0.05) is 12.1 Å². The Morgan fingerprint density at radius 2 is 2.00 bits per heavy atom. The maximum Gasteiger partial charge on any atom is 0.272 e. The molecular weight excluding hydrogens is 482 g/mol. The Morgan fingerprint density at radius 1 is 1.31 bits per heavy atom. The molecule has 2 N–H and O–H groups in total. The molecule has 1 aromatic heterocycles. The Hall–Kier alpha value is -3.23. The Kier molecular flexibility index (Phi) is 6.12. The first-order valence-electron chi connectivity index (χ1n) is 12.2. The summed E-state index contributed by atoms with van der Waals surface area (Å²) in [6, 6.07) is 8.90. The van der Waals surface area contributed by atoms with Gasteiger partial charge in [-0.25, -0.2) is 8.42 Å². The van der Waals surface area contributed by atoms with E-state index in [-0.39, 0.29) is 42.2 Å². The number of rotatable bonds is 9. The highest BCUT2D eigenvalue weighted by atomic mass is 32.2. The number of aliphatic hydroxyl groups is 1. The molecule has 0 unspecified atom stereocenters. The van der Waals surface area contributed by atoms with E-state index in [1.54, 1.807) is 36.1 Å². The summed E-state index contributed by atoms with van der Waals surface area (Å²) in [4.78, 5) is 28.2. The molecule has 10 nitrogen and oxygen atoms in total. The number of hydrogen-bond acceptors (Lipinski definition) is 7. The van der Waals surface area contributed by atoms with Gasteiger partial charge in [-0.15, -0.1) is 0 Å². The van der Waals surface area contributed by atoms with E-state index in [1.165, 1.54) is 4.68 Å². The number of hydrogen-bond donors (Lipinski definition) is 2. The first-order chi connectivity index (χ1) is 17.1. The molecule has 0 bridgehead atoms. The molecule has 2 saturated carbocycles. The largest absolute Gasteiger partial charge is 0.391 e. The molecule has 3 aliphatic rings. The maximum absolute atomic E-state index is 13.5. The van der Waals surface area contributed by atoms with Gasteiger partial charge in [0.15, 0.2) is 15.5 Å². The lowest BCUT2D eigenvalue weighted by Gasteiger charge is -2.31. The lowest BCUT2D eigenvalue weighted by atomic mass is 10.0. The molecule has 1 aromatic carbocycles. The predicted molar refractivity (Wildman–Crippen MR) is 130 cm³/mol. The highest BCUT2D eigenvalue weighted by molar-refractivity contribution is 7.94. The topological polar surface area (TPSA) is 145 Å². The van der Waals surface area contributed by atoms with Crippen LogP contribution in [0.3, 0.4) is 0 Å². The van der Waals surface area contributed by atoms with Crippen LogP contribution in [0.15, 0.2) is 24.3 Å². The summed E-state index contributed by atoms with van der Waals surface area (Å²) in [6.07, 6.45) is 2.11. The van der Waals surface area contributed by atoms with E-state index in [0.717, 1.165) is 5.56 Å². The number of nitrogens with one attached hydrogen (secondary N) is 1. The molecule has 0 saturated heterocycles. The highest BCUT2D eigenvalue weighted by Crippen LogP contribution is 2.50. The van der Waals surface area contributed by atoms with Gasteiger partial charge in [0.05, 0.1) is 34.3 Å². The van der Waals surface area contributed by atoms with Gasteiger partial charge in [-0.2, -0.15) is 10.4 Å². The van der Waals surface area contributed by atoms with Crippen molar-refractivity contribution in [3.8, 4) is 6.07 Å². The molecule has 190 valence electrons. The Labute approximate surface area is 209 Å². The summed E-state index contributed by atoms with van der Waals surface area (Å²) in [5, 5.41) is 25.9. The second-order valence-electron chi connectivity index (χ2n) is 10.1. The van der Waals surface area contributed by atoms with Crippen LogP contribution in [0.1, 0.15) is 70.3 Å². The molecule has 11 heteroatoms. The third-order valence-electron chi connectivity index (χ3n) is 7.21. The van der Waals surface area contributed by atoms with Crippen molar-refractivity contribution in [3.63, 3.8) is 0 Å². The summed E-state index contributed by atoms with van der Waals surface area (Å²) < 4.78 is 26.5. The van der Waals surface area contributed by atoms with E-state index in [2.05, 4.69) is 10.4 Å². The average molecular weight is 512 g/mol. The highest BCUT2D eigenvalue weighted by Gasteiger charge is 2.60. The van der Waals surface area contributed by atoms with Gasteiger partial charge in [0, 0.05) is 25.2 Å². The molecule has 1 aliphatic heterocycles. The fraction of sp³-hybridized carbons (Fsp3) is 0.520. The molecule has 2 fully saturated rings. The standard InChI is InChI=1S/C25H29N5O5S/c1-16(31)14-30-22-20(21(28-30)23(32)27-13-18-4-2-17(12-26)3-5-18)8-11-29(24(22)33)15-25(9-10-25)36(34,35)19-6-7-19/h2-5,16,19,31H,6-11,13-15H2,1H3,(H,27,32)/t16-/m1/s1. The molecule has 2 aliphatic carbocycles. The van der Waals surface area contributed by atoms with E-state index >= 15 is 0 Å². The van der Waals surface area contributed by atoms with E-state index in [1.807, 2.05) is 6.07 Å². The van der Waals surface area contributed by atoms with Crippen LogP contribution in [0.4, 0.5) is 0 Å². The molecular formula is C25H29N5O5S. The van der Waals surface area contributed by atoms with Crippen molar-refractivity contribution in [2.45, 2.75) is 68.2 Å². The van der Waals surface area contributed by atoms with Crippen LogP contribution in [0, 0.1) is 11.3 Å². The minimum absolute atomic E-state index is 0.0380. The van der Waals surface area contributed by atoms with Gasteiger partial charge in [0.25, 0.3) is 11.8 Å². The van der Waals surface area contributed by atoms with Crippen LogP contribution in [-0.4, -0.2) is 69.2 Å². The van der Waals surface area contributed by atoms with Crippen LogP contribution in [-0.2, 0) is 29.3 Å². The molecule has 2 amide bonds. The number of nitriles is 1. The zero-order valence-electron chi connectivity index (χ0n) is 20.1. The minimum Gasteiger partial charge on any atom is -0.391 e. The number of aromatic nitrogens is 2. The molecule has 2 aromatic rings. The fourth-order valence-corrected chi connectivity index (χ4v) is 7.37. The van der Waals surface area contributed by atoms with Crippen molar-refractivity contribution in [3.05, 3.63) is 52.3 Å². The van der Waals surface area contributed by atoms with E-state index in [9.17, 15) is 23.1 Å². The third-order valence-corrected chi connectivity index (χ3v) is 10.3. The smallest absolute Gasteiger partial charge is 0.272 e. The van der Waals surface area contributed by atoms with Gasteiger partial charge in [-0.05, 0) is 56.7 Å². The van der Waals surface area contributed by atoms with E-state index in [0.29, 0.717) is 49.8 Å². The van der Waals surface area contributed by atoms with E-state index in [4.69, 9.17) is 5.26 Å². The van der Waals surface area contributed by atoms with Crippen LogP contribution in [0.2, 0.25) is 0 Å². The van der Waals surface area contributed by atoms with Crippen LogP contribution < -0.4 is 5.32 Å². The minimum atomic E-state index is -3.27. The normalized spacial score (nSPS) is 19.4. The zero-order valence-corrected chi connectivity index (χ0v) is 20.9. The number of fused-ring (bicyclic) bond motifs is 1. The Balaban J connectivity index is 1.36. The SMILES string of the molecule is C[C@@H](O)Cn1nc(C(=O)NCc2ccc(C#N)cc2)c2c1C(=O)N(CC1(S(=O)(=O)C3CC3)CC1)CC2. The fourth-order valence-electron chi connectivity index (χ4n) is 4.90. The summed E-state index contributed by atoms with van der Waals surface area (Å²) in [5.74, 6) is -0.788. The molecule has 5 rings (SSSR count). The van der Waals surface area contributed by atoms with E-state index < -0.39 is 26.6 Å². The molecule has 36 heavy (non-hydrogen) atoms. The van der Waals surface area contributed by atoms with Crippen molar-refractivity contribution < 1.29 is 23.1 Å². The van der Waals surface area contributed by atoms with Gasteiger partial charge in [0.1, 0.15) is 5.69 Å². The summed E-state index contributed by atoms with van der Waals surface area (Å²) in [7, 11) is -3.27. The van der Waals surface area contributed by atoms with Crippen molar-refractivity contribution in [1.82, 2.24) is 20.0 Å². The van der Waals surface area contributed by atoms with Crippen molar-refractivity contribution in [1.29, 1.82) is 5.26 Å². The second kappa shape index (κ2) is 9.01. The quantitative estimate of drug-likeness (QED) is 0.514. The number of benzene rings is 1. The number of carbonyl (C=O) groups is 2. The van der Waals surface area contributed by atoms with Crippen molar-refractivity contribution >= 4 is 21.7 Å². The maximum atomic E-state index is 13.5. The van der Waals surface area contributed by atoms with Crippen LogP contribution in [0.25, 0.3) is 0 Å². The van der Waals surface area contributed by atoms with Crippen LogP contribution >= 0.6 is 0 Å². The van der Waals surface area contributed by atoms with Crippen molar-refractivity contribution in [2.24, 2.45) is 0 Å². The number of sulfone groups is 1. The average Bonchev–Trinajstić information content (AvgIpc) is 3.77. The van der Waals surface area contributed by atoms with Crippen LogP contribution in [0.5, 0.6) is 0 Å². The Bertz CT molecular complexity index is 1350. The number of carbonyl (C=O) groups excluding carboxylic acids is 2. The lowest BCUT2D eigenvalue weighted by Crippen LogP contribution is -2.47. The van der Waals surface area contributed by atoms with Gasteiger partial charge in [-0.3, -0.25) is 14.3 Å². The first kappa shape index (κ1) is 24.5. The monoisotopic (exact) mass is 511 g/mol. The summed E-state index contributed by atoms with van der Waals surface area (Å²) >= 11 is 0. The molecule has 0 radical (unpaired) electrons. The molecule has 1 atom stereocenters. The Morgan fingerprint density at radius 3 is 2.58 bits per heavy atom. The van der Waals surface area contributed by atoms with Gasteiger partial charge in [0.2, 0.25) is 0 Å². The lowest BCUT2D eigenvalue weighted by molar-refractivity contribution is 0.0717.